The third-order valence-electron chi connectivity index (χ3n) is 4.79. The Balaban J connectivity index is 2.35. The molecule has 2 rings (SSSR count). The van der Waals surface area contributed by atoms with Crippen LogP contribution in [0, 0.1) is 5.41 Å². The molecule has 0 aliphatic rings. The third kappa shape index (κ3) is 4.20. The van der Waals surface area contributed by atoms with Gasteiger partial charge in [-0.2, -0.15) is 0 Å². The molecule has 0 spiro atoms. The maximum absolute atomic E-state index is 2.39. The summed E-state index contributed by atoms with van der Waals surface area (Å²) < 4.78 is 0. The zero-order chi connectivity index (χ0) is 16.1. The second-order valence-corrected chi connectivity index (χ2v) is 12.1. The van der Waals surface area contributed by atoms with E-state index in [2.05, 4.69) is 88.4 Å². The van der Waals surface area contributed by atoms with Gasteiger partial charge in [-0.05, 0) is 0 Å². The fraction of sp³-hybridized carbons (Fsp3) is 0.429. The van der Waals surface area contributed by atoms with Crippen molar-refractivity contribution in [2.45, 2.75) is 40.5 Å². The van der Waals surface area contributed by atoms with Gasteiger partial charge in [0, 0.05) is 0 Å². The van der Waals surface area contributed by atoms with Crippen LogP contribution in [0.15, 0.2) is 60.7 Å². The Hall–Kier alpha value is -1.13. The molecule has 0 aliphatic heterocycles. The topological polar surface area (TPSA) is 0 Å². The molecule has 0 unspecified atom stereocenters. The van der Waals surface area contributed by atoms with E-state index >= 15 is 0 Å². The Morgan fingerprint density at radius 1 is 0.773 bits per heavy atom. The summed E-state index contributed by atoms with van der Waals surface area (Å²) >= 11 is 0. The molecule has 22 heavy (non-hydrogen) atoms. The van der Waals surface area contributed by atoms with E-state index in [9.17, 15) is 0 Å². The Morgan fingerprint density at radius 3 is 1.59 bits per heavy atom. The van der Waals surface area contributed by atoms with Crippen molar-refractivity contribution in [3.05, 3.63) is 60.7 Å². The second kappa shape index (κ2) is 7.42. The average Bonchev–Trinajstić information content (AvgIpc) is 2.52. The Bertz CT molecular complexity index is 512. The van der Waals surface area contributed by atoms with Gasteiger partial charge in [0.05, 0.1) is 0 Å². The molecular weight excluding hydrogens is 283 g/mol. The van der Waals surface area contributed by atoms with Gasteiger partial charge in [0.25, 0.3) is 0 Å². The number of hydrogen-bond donors (Lipinski definition) is 0. The van der Waals surface area contributed by atoms with Crippen LogP contribution in [0.25, 0.3) is 0 Å². The summed E-state index contributed by atoms with van der Waals surface area (Å²) in [7, 11) is -1.62. The van der Waals surface area contributed by atoms with Gasteiger partial charge in [-0.15, -0.1) is 0 Å². The van der Waals surface area contributed by atoms with Crippen molar-refractivity contribution in [1.82, 2.24) is 0 Å². The van der Waals surface area contributed by atoms with E-state index in [-0.39, 0.29) is 0 Å². The van der Waals surface area contributed by atoms with Gasteiger partial charge in [-0.25, -0.2) is 0 Å². The van der Waals surface area contributed by atoms with Crippen LogP contribution in [0.4, 0.5) is 0 Å². The van der Waals surface area contributed by atoms with Gasteiger partial charge in [0.15, 0.2) is 0 Å². The molecule has 0 heterocycles. The molecule has 0 saturated carbocycles. The van der Waals surface area contributed by atoms with E-state index in [1.165, 1.54) is 25.2 Å². The number of benzene rings is 2. The van der Waals surface area contributed by atoms with Gasteiger partial charge in [0.1, 0.15) is 0 Å². The van der Waals surface area contributed by atoms with Crippen LogP contribution in [-0.2, 0) is 0 Å². The van der Waals surface area contributed by atoms with E-state index < -0.39 is 7.26 Å². The standard InChI is InChI=1S/C21H31P/c1-5-22(18-12-17-21(2,3)4,19-13-8-6-9-14-19)20-15-10-7-11-16-20/h6-11,13-16,22H,5,12,17-18H2,1-4H3. The zero-order valence-corrected chi connectivity index (χ0v) is 15.6. The van der Waals surface area contributed by atoms with Crippen molar-refractivity contribution in [2.24, 2.45) is 5.41 Å². The molecule has 0 radical (unpaired) electrons. The molecule has 0 saturated heterocycles. The molecule has 120 valence electrons. The van der Waals surface area contributed by atoms with Crippen molar-refractivity contribution < 1.29 is 0 Å². The minimum atomic E-state index is -1.62. The Labute approximate surface area is 137 Å². The van der Waals surface area contributed by atoms with E-state index in [1.807, 2.05) is 0 Å². The molecule has 0 N–H and O–H groups in total. The Kier molecular flexibility index (Phi) is 5.81. The van der Waals surface area contributed by atoms with Gasteiger partial charge < -0.3 is 0 Å². The predicted molar refractivity (Wildman–Crippen MR) is 105 cm³/mol. The SMILES string of the molecule is CC[PH](CCCC(C)(C)C)(c1ccccc1)c1ccccc1. The maximum atomic E-state index is 2.39. The summed E-state index contributed by atoms with van der Waals surface area (Å²) in [4.78, 5) is 0. The summed E-state index contributed by atoms with van der Waals surface area (Å²) in [5.41, 5.74) is 0.432. The number of rotatable bonds is 6. The second-order valence-electron chi connectivity index (χ2n) is 7.58. The third-order valence-corrected chi connectivity index (χ3v) is 10.1. The predicted octanol–water partition coefficient (Wildman–Crippen LogP) is 5.23. The van der Waals surface area contributed by atoms with Crippen LogP contribution in [0.3, 0.4) is 0 Å². The molecule has 0 amide bonds. The van der Waals surface area contributed by atoms with Crippen molar-refractivity contribution in [2.75, 3.05) is 12.3 Å². The number of hydrogen-bond acceptors (Lipinski definition) is 0. The normalized spacial score (nSPS) is 13.1. The van der Waals surface area contributed by atoms with Crippen LogP contribution in [0.5, 0.6) is 0 Å². The molecule has 2 aromatic carbocycles. The fourth-order valence-corrected chi connectivity index (χ4v) is 8.00. The molecular formula is C21H31P. The molecule has 0 bridgehead atoms. The molecule has 2 aromatic rings. The molecule has 0 nitrogen and oxygen atoms in total. The van der Waals surface area contributed by atoms with Crippen LogP contribution < -0.4 is 10.6 Å². The van der Waals surface area contributed by atoms with E-state index in [0.717, 1.165) is 0 Å². The van der Waals surface area contributed by atoms with Crippen molar-refractivity contribution in [3.8, 4) is 0 Å². The monoisotopic (exact) mass is 314 g/mol. The first-order chi connectivity index (χ1) is 10.5. The van der Waals surface area contributed by atoms with Gasteiger partial charge >= 0.3 is 137 Å². The van der Waals surface area contributed by atoms with E-state index in [1.54, 1.807) is 10.6 Å². The zero-order valence-electron chi connectivity index (χ0n) is 14.6. The first-order valence-corrected chi connectivity index (χ1v) is 11.0. The summed E-state index contributed by atoms with van der Waals surface area (Å²) in [5.74, 6) is 0. The molecule has 0 fully saturated rings. The van der Waals surface area contributed by atoms with Crippen molar-refractivity contribution in [1.29, 1.82) is 0 Å². The Morgan fingerprint density at radius 2 is 1.23 bits per heavy atom. The first kappa shape index (κ1) is 17.2. The quantitative estimate of drug-likeness (QED) is 0.640. The summed E-state index contributed by atoms with van der Waals surface area (Å²) in [6, 6.07) is 22.5. The van der Waals surface area contributed by atoms with Crippen LogP contribution in [0.2, 0.25) is 0 Å². The van der Waals surface area contributed by atoms with E-state index in [4.69, 9.17) is 0 Å². The van der Waals surface area contributed by atoms with Crippen LogP contribution in [0.1, 0.15) is 40.5 Å². The van der Waals surface area contributed by atoms with Gasteiger partial charge in [-0.3, -0.25) is 0 Å². The summed E-state index contributed by atoms with van der Waals surface area (Å²) in [6.45, 7) is 9.46. The average molecular weight is 314 g/mol. The van der Waals surface area contributed by atoms with E-state index in [0.29, 0.717) is 5.41 Å². The molecule has 0 aliphatic carbocycles. The molecule has 0 aromatic heterocycles. The first-order valence-electron chi connectivity index (χ1n) is 8.59. The van der Waals surface area contributed by atoms with Crippen LogP contribution in [-0.4, -0.2) is 12.3 Å². The van der Waals surface area contributed by atoms with Gasteiger partial charge in [-0.1, -0.05) is 0 Å². The van der Waals surface area contributed by atoms with Crippen molar-refractivity contribution in [3.63, 3.8) is 0 Å². The summed E-state index contributed by atoms with van der Waals surface area (Å²) in [5, 5.41) is 3.19. The summed E-state index contributed by atoms with van der Waals surface area (Å²) in [6.07, 6.45) is 5.27. The molecule has 0 atom stereocenters. The molecule has 1 heteroatoms. The van der Waals surface area contributed by atoms with Gasteiger partial charge in [0.2, 0.25) is 0 Å². The minimum absolute atomic E-state index is 0.432. The fourth-order valence-electron chi connectivity index (χ4n) is 3.48. The van der Waals surface area contributed by atoms with Crippen molar-refractivity contribution >= 4 is 17.9 Å². The van der Waals surface area contributed by atoms with Crippen LogP contribution >= 0.6 is 7.26 Å².